The Bertz CT molecular complexity index is 1900. The molecule has 13 heteroatoms. The van der Waals surface area contributed by atoms with Gasteiger partial charge < -0.3 is 28.4 Å². The number of benzene rings is 5. The van der Waals surface area contributed by atoms with Crippen molar-refractivity contribution in [1.29, 1.82) is 0 Å². The lowest BCUT2D eigenvalue weighted by Gasteiger charge is -2.10. The first-order valence-corrected chi connectivity index (χ1v) is 15.5. The molecule has 0 aliphatic rings. The van der Waals surface area contributed by atoms with Crippen molar-refractivity contribution in [2.24, 2.45) is 0 Å². The second-order valence-corrected chi connectivity index (χ2v) is 10.4. The third kappa shape index (κ3) is 9.12. The summed E-state index contributed by atoms with van der Waals surface area (Å²) in [5.41, 5.74) is 2.52. The summed E-state index contributed by atoms with van der Waals surface area (Å²) in [5, 5.41) is 12.1. The van der Waals surface area contributed by atoms with E-state index in [0.717, 1.165) is 22.3 Å². The van der Waals surface area contributed by atoms with Crippen LogP contribution in [0.3, 0.4) is 0 Å². The first kappa shape index (κ1) is 35.3. The van der Waals surface area contributed by atoms with Crippen LogP contribution in [0.5, 0.6) is 23.0 Å². The van der Waals surface area contributed by atoms with E-state index in [4.69, 9.17) is 28.4 Å². The Morgan fingerprint density at radius 3 is 1.16 bits per heavy atom. The van der Waals surface area contributed by atoms with Crippen molar-refractivity contribution >= 4 is 29.9 Å². The molecule has 0 spiro atoms. The predicted molar refractivity (Wildman–Crippen MR) is 182 cm³/mol. The number of para-hydroxylation sites is 1. The highest BCUT2D eigenvalue weighted by Crippen LogP contribution is 2.37. The SMILES string of the molecule is CCOC(=O)Oc1ccc(-c2ccc(C(=O)Oc3cccc(OC(=O)c4ccc(-c5ccc(OC(=O)OCC)cc5)cc4)c3[N+](=O)[O-])cc2)cc1. The fraction of sp³-hybridized carbons (Fsp3) is 0.105. The molecule has 0 bridgehead atoms. The van der Waals surface area contributed by atoms with Gasteiger partial charge in [-0.15, -0.1) is 0 Å². The number of esters is 2. The molecule has 5 rings (SSSR count). The average Bonchev–Trinajstić information content (AvgIpc) is 3.12. The van der Waals surface area contributed by atoms with Gasteiger partial charge in [-0.2, -0.15) is 0 Å². The third-order valence-electron chi connectivity index (χ3n) is 7.09. The number of nitro groups is 1. The number of nitro benzene ring substituents is 1. The average molecular weight is 692 g/mol. The van der Waals surface area contributed by atoms with Crippen molar-refractivity contribution in [2.75, 3.05) is 13.2 Å². The maximum absolute atomic E-state index is 13.0. The second kappa shape index (κ2) is 16.4. The summed E-state index contributed by atoms with van der Waals surface area (Å²) in [5.74, 6) is -1.98. The van der Waals surface area contributed by atoms with Crippen LogP contribution in [-0.2, 0) is 9.47 Å². The Kier molecular flexibility index (Phi) is 11.3. The highest BCUT2D eigenvalue weighted by Gasteiger charge is 2.27. The summed E-state index contributed by atoms with van der Waals surface area (Å²) < 4.78 is 30.4. The van der Waals surface area contributed by atoms with Crippen LogP contribution < -0.4 is 18.9 Å². The minimum absolute atomic E-state index is 0.110. The van der Waals surface area contributed by atoms with Gasteiger partial charge in [-0.1, -0.05) is 54.6 Å². The van der Waals surface area contributed by atoms with Crippen LogP contribution in [-0.4, -0.2) is 42.4 Å². The van der Waals surface area contributed by atoms with E-state index in [-0.39, 0.29) is 24.3 Å². The monoisotopic (exact) mass is 691 g/mol. The van der Waals surface area contributed by atoms with Crippen LogP contribution in [0.1, 0.15) is 34.6 Å². The van der Waals surface area contributed by atoms with E-state index in [9.17, 15) is 29.3 Å². The maximum Gasteiger partial charge on any atom is 0.513 e. The summed E-state index contributed by atoms with van der Waals surface area (Å²) in [4.78, 5) is 60.3. The normalized spacial score (nSPS) is 10.4. The number of carbonyl (C=O) groups excluding carboxylic acids is 4. The Hall–Kier alpha value is -7.02. The van der Waals surface area contributed by atoms with Crippen LogP contribution >= 0.6 is 0 Å². The zero-order valence-electron chi connectivity index (χ0n) is 27.2. The van der Waals surface area contributed by atoms with E-state index in [0.29, 0.717) is 11.5 Å². The van der Waals surface area contributed by atoms with Crippen LogP contribution in [0.2, 0.25) is 0 Å². The van der Waals surface area contributed by atoms with E-state index >= 15 is 0 Å². The third-order valence-corrected chi connectivity index (χ3v) is 7.09. The molecule has 0 saturated carbocycles. The van der Waals surface area contributed by atoms with Crippen molar-refractivity contribution in [3.63, 3.8) is 0 Å². The van der Waals surface area contributed by atoms with E-state index in [1.165, 1.54) is 42.5 Å². The molecule has 5 aromatic carbocycles. The minimum Gasteiger partial charge on any atom is -0.434 e. The molecule has 0 radical (unpaired) electrons. The molecule has 0 fully saturated rings. The van der Waals surface area contributed by atoms with Crippen molar-refractivity contribution in [3.8, 4) is 45.3 Å². The van der Waals surface area contributed by atoms with Crippen LogP contribution in [0.25, 0.3) is 22.3 Å². The highest BCUT2D eigenvalue weighted by molar-refractivity contribution is 5.94. The largest absolute Gasteiger partial charge is 0.513 e. The molecule has 258 valence electrons. The molecule has 51 heavy (non-hydrogen) atoms. The predicted octanol–water partition coefficient (Wildman–Crippen LogP) is 8.44. The lowest BCUT2D eigenvalue weighted by Crippen LogP contribution is -2.12. The zero-order valence-corrected chi connectivity index (χ0v) is 27.2. The Morgan fingerprint density at radius 1 is 0.510 bits per heavy atom. The smallest absolute Gasteiger partial charge is 0.434 e. The molecule has 0 amide bonds. The quantitative estimate of drug-likeness (QED) is 0.0427. The van der Waals surface area contributed by atoms with Crippen LogP contribution in [0, 0.1) is 10.1 Å². The number of ether oxygens (including phenoxy) is 6. The van der Waals surface area contributed by atoms with Crippen molar-refractivity contribution in [1.82, 2.24) is 0 Å². The number of hydrogen-bond acceptors (Lipinski definition) is 12. The molecule has 0 atom stereocenters. The number of carbonyl (C=O) groups is 4. The minimum atomic E-state index is -0.873. The first-order chi connectivity index (χ1) is 24.6. The van der Waals surface area contributed by atoms with Gasteiger partial charge in [0.1, 0.15) is 11.5 Å². The number of rotatable bonds is 11. The van der Waals surface area contributed by atoms with Gasteiger partial charge in [-0.3, -0.25) is 10.1 Å². The van der Waals surface area contributed by atoms with E-state index in [1.807, 2.05) is 0 Å². The molecule has 0 aliphatic heterocycles. The molecule has 0 saturated heterocycles. The lowest BCUT2D eigenvalue weighted by atomic mass is 10.0. The Morgan fingerprint density at radius 2 is 0.843 bits per heavy atom. The fourth-order valence-corrected chi connectivity index (χ4v) is 4.68. The second-order valence-electron chi connectivity index (χ2n) is 10.4. The summed E-state index contributed by atoms with van der Waals surface area (Å²) in [7, 11) is 0. The summed E-state index contributed by atoms with van der Waals surface area (Å²) in [6, 6.07) is 29.6. The molecule has 0 N–H and O–H groups in total. The molecule has 0 unspecified atom stereocenters. The molecule has 13 nitrogen and oxygen atoms in total. The summed E-state index contributed by atoms with van der Waals surface area (Å²) in [6.45, 7) is 3.70. The molecule has 0 heterocycles. The highest BCUT2D eigenvalue weighted by atomic mass is 16.7. The first-order valence-electron chi connectivity index (χ1n) is 15.5. The summed E-state index contributed by atoms with van der Waals surface area (Å²) >= 11 is 0. The van der Waals surface area contributed by atoms with Gasteiger partial charge in [0.15, 0.2) is 0 Å². The Balaban J connectivity index is 1.24. The van der Waals surface area contributed by atoms with E-state index in [2.05, 4.69) is 0 Å². The lowest BCUT2D eigenvalue weighted by molar-refractivity contribution is -0.386. The van der Waals surface area contributed by atoms with E-state index < -0.39 is 46.4 Å². The maximum atomic E-state index is 13.0. The molecule has 0 aromatic heterocycles. The fourth-order valence-electron chi connectivity index (χ4n) is 4.68. The number of hydrogen-bond donors (Lipinski definition) is 0. The van der Waals surface area contributed by atoms with Crippen molar-refractivity contribution < 1.29 is 52.5 Å². The van der Waals surface area contributed by atoms with Crippen molar-refractivity contribution in [3.05, 3.63) is 137 Å². The van der Waals surface area contributed by atoms with Gasteiger partial charge in [0, 0.05) is 0 Å². The van der Waals surface area contributed by atoms with Gasteiger partial charge in [-0.05, 0) is 96.8 Å². The van der Waals surface area contributed by atoms with Crippen LogP contribution in [0.4, 0.5) is 15.3 Å². The molecule has 5 aromatic rings. The van der Waals surface area contributed by atoms with E-state index in [1.54, 1.807) is 86.6 Å². The van der Waals surface area contributed by atoms with Gasteiger partial charge in [-0.25, -0.2) is 19.2 Å². The van der Waals surface area contributed by atoms with Crippen molar-refractivity contribution in [2.45, 2.75) is 13.8 Å². The van der Waals surface area contributed by atoms with Gasteiger partial charge in [0.2, 0.25) is 11.5 Å². The Labute approximate surface area is 291 Å². The molecular weight excluding hydrogens is 662 g/mol. The number of nitrogens with zero attached hydrogens (tertiary/aromatic N) is 1. The topological polar surface area (TPSA) is 167 Å². The molecule has 0 aliphatic carbocycles. The van der Waals surface area contributed by atoms with Gasteiger partial charge >= 0.3 is 29.9 Å². The van der Waals surface area contributed by atoms with Gasteiger partial charge in [0.05, 0.1) is 29.3 Å². The standard InChI is InChI=1S/C38H29NO12/c1-3-46-37(42)48-30-20-16-26(17-21-30)24-8-12-28(13-9-24)35(40)50-32-6-5-7-33(34(32)39(44)45)51-36(41)29-14-10-25(11-15-29)27-18-22-31(23-19-27)49-38(43)47-4-2/h5-23H,3-4H2,1-2H3. The summed E-state index contributed by atoms with van der Waals surface area (Å²) in [6.07, 6.45) is -1.62. The molecular formula is C38H29NO12. The zero-order chi connectivity index (χ0) is 36.3. The van der Waals surface area contributed by atoms with Crippen LogP contribution in [0.15, 0.2) is 115 Å². The van der Waals surface area contributed by atoms with Gasteiger partial charge in [0.25, 0.3) is 0 Å².